The second-order valence-electron chi connectivity index (χ2n) is 6.41. The van der Waals surface area contributed by atoms with E-state index in [4.69, 9.17) is 30.5 Å². The van der Waals surface area contributed by atoms with Gasteiger partial charge in [0, 0.05) is 0 Å². The van der Waals surface area contributed by atoms with Crippen LogP contribution in [-0.4, -0.2) is 37.7 Å². The maximum atomic E-state index is 12.4. The fourth-order valence-corrected chi connectivity index (χ4v) is 3.40. The molecule has 0 saturated carbocycles. The van der Waals surface area contributed by atoms with Crippen molar-refractivity contribution in [3.05, 3.63) is 47.0 Å². The number of ether oxygens (including phenoxy) is 4. The molecule has 1 amide bonds. The molecule has 7 nitrogen and oxygen atoms in total. The molecule has 0 bridgehead atoms. The van der Waals surface area contributed by atoms with Crippen LogP contribution in [0.25, 0.3) is 0 Å². The van der Waals surface area contributed by atoms with Gasteiger partial charge in [0.1, 0.15) is 32.1 Å². The molecule has 0 aromatic heterocycles. The Kier molecular flexibility index (Phi) is 5.00. The van der Waals surface area contributed by atoms with Gasteiger partial charge in [0.05, 0.1) is 10.7 Å². The summed E-state index contributed by atoms with van der Waals surface area (Å²) in [5.74, 6) is 0.741. The van der Waals surface area contributed by atoms with E-state index >= 15 is 0 Å². The van der Waals surface area contributed by atoms with Crippen LogP contribution in [0.5, 0.6) is 17.2 Å². The Morgan fingerprint density at radius 2 is 2.00 bits per heavy atom. The molecular formula is C20H18ClNO6. The first-order valence-electron chi connectivity index (χ1n) is 8.83. The molecule has 2 heterocycles. The molecule has 146 valence electrons. The first-order valence-corrected chi connectivity index (χ1v) is 9.21. The second kappa shape index (κ2) is 7.59. The van der Waals surface area contributed by atoms with Crippen LogP contribution in [0.15, 0.2) is 36.4 Å². The summed E-state index contributed by atoms with van der Waals surface area (Å²) in [6.07, 6.45) is -0.667. The number of para-hydroxylation sites is 2. The largest absolute Gasteiger partial charge is 0.486 e. The number of fused-ring (bicyclic) bond motifs is 2. The summed E-state index contributed by atoms with van der Waals surface area (Å²) in [5.41, 5.74) is 1.22. The van der Waals surface area contributed by atoms with Gasteiger partial charge in [-0.3, -0.25) is 14.5 Å². The molecule has 0 N–H and O–H groups in total. The molecule has 0 radical (unpaired) electrons. The van der Waals surface area contributed by atoms with Crippen molar-refractivity contribution in [2.45, 2.75) is 19.6 Å². The highest BCUT2D eigenvalue weighted by atomic mass is 35.5. The predicted octanol–water partition coefficient (Wildman–Crippen LogP) is 2.97. The number of anilines is 1. The van der Waals surface area contributed by atoms with Gasteiger partial charge in [-0.05, 0) is 36.8 Å². The SMILES string of the molecule is CC1Oc2ccccc2N(CC(=O)OCc2cc(Cl)c3c(c2)OCCO3)C1=O. The number of benzene rings is 2. The van der Waals surface area contributed by atoms with Gasteiger partial charge in [0.2, 0.25) is 0 Å². The van der Waals surface area contributed by atoms with E-state index in [-0.39, 0.29) is 19.1 Å². The Morgan fingerprint density at radius 3 is 2.86 bits per heavy atom. The van der Waals surface area contributed by atoms with E-state index in [1.807, 2.05) is 6.07 Å². The molecule has 8 heteroatoms. The average Bonchev–Trinajstić information content (AvgIpc) is 2.70. The van der Waals surface area contributed by atoms with E-state index in [1.54, 1.807) is 37.3 Å². The minimum Gasteiger partial charge on any atom is -0.486 e. The van der Waals surface area contributed by atoms with E-state index in [2.05, 4.69) is 0 Å². The van der Waals surface area contributed by atoms with E-state index in [9.17, 15) is 9.59 Å². The number of hydrogen-bond acceptors (Lipinski definition) is 6. The molecule has 2 aromatic rings. The minimum atomic E-state index is -0.667. The molecule has 2 aromatic carbocycles. The number of rotatable bonds is 4. The topological polar surface area (TPSA) is 74.3 Å². The molecule has 0 spiro atoms. The second-order valence-corrected chi connectivity index (χ2v) is 6.82. The lowest BCUT2D eigenvalue weighted by atomic mass is 10.2. The van der Waals surface area contributed by atoms with Gasteiger partial charge in [-0.25, -0.2) is 0 Å². The molecule has 4 rings (SSSR count). The summed E-state index contributed by atoms with van der Waals surface area (Å²) in [5, 5.41) is 0.398. The maximum Gasteiger partial charge on any atom is 0.326 e. The molecular weight excluding hydrogens is 386 g/mol. The lowest BCUT2D eigenvalue weighted by Gasteiger charge is -2.32. The van der Waals surface area contributed by atoms with Crippen LogP contribution in [0.2, 0.25) is 5.02 Å². The summed E-state index contributed by atoms with van der Waals surface area (Å²) in [4.78, 5) is 26.2. The summed E-state index contributed by atoms with van der Waals surface area (Å²) in [6, 6.07) is 10.5. The maximum absolute atomic E-state index is 12.4. The predicted molar refractivity (Wildman–Crippen MR) is 101 cm³/mol. The van der Waals surface area contributed by atoms with E-state index < -0.39 is 12.1 Å². The number of hydrogen-bond donors (Lipinski definition) is 0. The third-order valence-corrected chi connectivity index (χ3v) is 4.70. The normalized spacial score (nSPS) is 17.6. The standard InChI is InChI=1S/C20H18ClNO6/c1-12-20(24)22(15-4-2-3-5-16(15)28-12)10-18(23)27-11-13-8-14(21)19-17(9-13)25-6-7-26-19/h2-5,8-9,12H,6-7,10-11H2,1H3. The van der Waals surface area contributed by atoms with Crippen molar-refractivity contribution in [3.63, 3.8) is 0 Å². The van der Waals surface area contributed by atoms with Gasteiger partial charge in [-0.2, -0.15) is 0 Å². The highest BCUT2D eigenvalue weighted by Crippen LogP contribution is 2.38. The van der Waals surface area contributed by atoms with Crippen molar-refractivity contribution in [3.8, 4) is 17.2 Å². The lowest BCUT2D eigenvalue weighted by molar-refractivity contribution is -0.144. The number of carbonyl (C=O) groups excluding carboxylic acids is 2. The number of esters is 1. The molecule has 0 aliphatic carbocycles. The third-order valence-electron chi connectivity index (χ3n) is 4.42. The number of carbonyl (C=O) groups is 2. The molecule has 1 unspecified atom stereocenters. The Morgan fingerprint density at radius 1 is 1.21 bits per heavy atom. The van der Waals surface area contributed by atoms with E-state index in [0.29, 0.717) is 46.7 Å². The van der Waals surface area contributed by atoms with Crippen molar-refractivity contribution in [1.82, 2.24) is 0 Å². The Bertz CT molecular complexity index is 931. The number of halogens is 1. The Balaban J connectivity index is 1.44. The van der Waals surface area contributed by atoms with Crippen LogP contribution in [0, 0.1) is 0 Å². The van der Waals surface area contributed by atoms with Gasteiger partial charge in [0.15, 0.2) is 17.6 Å². The third kappa shape index (κ3) is 3.57. The molecule has 0 saturated heterocycles. The minimum absolute atomic E-state index is 0.00489. The highest BCUT2D eigenvalue weighted by Gasteiger charge is 2.32. The van der Waals surface area contributed by atoms with Crippen LogP contribution in [-0.2, 0) is 20.9 Å². The number of amides is 1. The monoisotopic (exact) mass is 403 g/mol. The van der Waals surface area contributed by atoms with Crippen LogP contribution >= 0.6 is 11.6 Å². The fraction of sp³-hybridized carbons (Fsp3) is 0.300. The lowest BCUT2D eigenvalue weighted by Crippen LogP contribution is -2.47. The first-order chi connectivity index (χ1) is 13.5. The summed E-state index contributed by atoms with van der Waals surface area (Å²) < 4.78 is 21.9. The first kappa shape index (κ1) is 18.4. The van der Waals surface area contributed by atoms with Crippen molar-refractivity contribution < 1.29 is 28.5 Å². The van der Waals surface area contributed by atoms with Crippen molar-refractivity contribution in [2.75, 3.05) is 24.7 Å². The van der Waals surface area contributed by atoms with E-state index in [1.165, 1.54) is 4.90 Å². The zero-order valence-electron chi connectivity index (χ0n) is 15.1. The highest BCUT2D eigenvalue weighted by molar-refractivity contribution is 6.32. The number of nitrogens with zero attached hydrogens (tertiary/aromatic N) is 1. The summed E-state index contributed by atoms with van der Waals surface area (Å²) in [7, 11) is 0. The van der Waals surface area contributed by atoms with Crippen molar-refractivity contribution >= 4 is 29.2 Å². The Hall–Kier alpha value is -2.93. The summed E-state index contributed by atoms with van der Waals surface area (Å²) >= 11 is 6.20. The van der Waals surface area contributed by atoms with Gasteiger partial charge < -0.3 is 18.9 Å². The van der Waals surface area contributed by atoms with Gasteiger partial charge in [-0.1, -0.05) is 23.7 Å². The van der Waals surface area contributed by atoms with E-state index in [0.717, 1.165) is 0 Å². The molecule has 2 aliphatic rings. The molecule has 28 heavy (non-hydrogen) atoms. The van der Waals surface area contributed by atoms with Gasteiger partial charge in [-0.15, -0.1) is 0 Å². The van der Waals surface area contributed by atoms with Crippen molar-refractivity contribution in [2.24, 2.45) is 0 Å². The van der Waals surface area contributed by atoms with Crippen LogP contribution in [0.1, 0.15) is 12.5 Å². The summed E-state index contributed by atoms with van der Waals surface area (Å²) in [6.45, 7) is 2.32. The zero-order chi connectivity index (χ0) is 19.7. The zero-order valence-corrected chi connectivity index (χ0v) is 15.9. The van der Waals surface area contributed by atoms with Crippen LogP contribution in [0.3, 0.4) is 0 Å². The average molecular weight is 404 g/mol. The molecule has 1 atom stereocenters. The smallest absolute Gasteiger partial charge is 0.326 e. The Labute approximate surface area is 166 Å². The fourth-order valence-electron chi connectivity index (χ4n) is 3.11. The van der Waals surface area contributed by atoms with Gasteiger partial charge >= 0.3 is 5.97 Å². The molecule has 2 aliphatic heterocycles. The van der Waals surface area contributed by atoms with Crippen LogP contribution < -0.4 is 19.1 Å². The molecule has 0 fully saturated rings. The van der Waals surface area contributed by atoms with Crippen molar-refractivity contribution in [1.29, 1.82) is 0 Å². The van der Waals surface area contributed by atoms with Gasteiger partial charge in [0.25, 0.3) is 5.91 Å². The quantitative estimate of drug-likeness (QED) is 0.731. The van der Waals surface area contributed by atoms with Crippen LogP contribution in [0.4, 0.5) is 5.69 Å².